The molecule has 0 aromatic carbocycles. The van der Waals surface area contributed by atoms with Crippen molar-refractivity contribution in [3.05, 3.63) is 0 Å². The molecule has 0 aromatic rings. The Bertz CT molecular complexity index is 979. The molecule has 3 aliphatic carbocycles. The van der Waals surface area contributed by atoms with E-state index in [9.17, 15) is 36.4 Å². The molecule has 3 saturated carbocycles. The highest BCUT2D eigenvalue weighted by molar-refractivity contribution is 7.86. The van der Waals surface area contributed by atoms with Gasteiger partial charge in [0, 0.05) is 12.8 Å². The Morgan fingerprint density at radius 1 is 1.19 bits per heavy atom. The molecule has 0 aromatic heterocycles. The maximum atomic E-state index is 13.9. The van der Waals surface area contributed by atoms with Crippen LogP contribution in [-0.2, 0) is 38.8 Å². The van der Waals surface area contributed by atoms with Crippen molar-refractivity contribution in [1.29, 1.82) is 0 Å². The fourth-order valence-corrected chi connectivity index (χ4v) is 6.03. The number of carbonyl (C=O) groups is 4. The molecule has 1 heterocycles. The molecule has 1 aliphatic heterocycles. The van der Waals surface area contributed by atoms with Gasteiger partial charge in [0.25, 0.3) is 0 Å². The van der Waals surface area contributed by atoms with Crippen LogP contribution in [0.15, 0.2) is 0 Å². The molecule has 4 rings (SSSR count). The van der Waals surface area contributed by atoms with Gasteiger partial charge in [-0.1, -0.05) is 6.42 Å². The van der Waals surface area contributed by atoms with E-state index in [-0.39, 0.29) is 12.3 Å². The van der Waals surface area contributed by atoms with Crippen LogP contribution in [-0.4, -0.2) is 65.1 Å². The first-order valence-corrected chi connectivity index (χ1v) is 11.8. The van der Waals surface area contributed by atoms with Crippen molar-refractivity contribution in [3.63, 3.8) is 0 Å². The molecule has 1 saturated heterocycles. The molecule has 4 aliphatic rings. The summed E-state index contributed by atoms with van der Waals surface area (Å²) >= 11 is 0. The molecule has 7 unspecified atom stereocenters. The number of alkyl halides is 2. The molecule has 7 atom stereocenters. The lowest BCUT2D eigenvalue weighted by Gasteiger charge is -2.35. The van der Waals surface area contributed by atoms with E-state index in [0.717, 1.165) is 11.3 Å². The highest BCUT2D eigenvalue weighted by Crippen LogP contribution is 2.60. The molecule has 0 radical (unpaired) electrons. The van der Waals surface area contributed by atoms with Gasteiger partial charge in [-0.2, -0.15) is 17.2 Å². The third kappa shape index (κ3) is 3.23. The first-order chi connectivity index (χ1) is 14.8. The molecular weight excluding hydrogens is 456 g/mol. The van der Waals surface area contributed by atoms with Crippen molar-refractivity contribution in [2.45, 2.75) is 63.0 Å². The van der Waals surface area contributed by atoms with Gasteiger partial charge in [0.1, 0.15) is 6.10 Å². The molecule has 13 heteroatoms. The molecule has 32 heavy (non-hydrogen) atoms. The van der Waals surface area contributed by atoms with E-state index < -0.39 is 81.0 Å². The minimum Gasteiger partial charge on any atom is -0.460 e. The van der Waals surface area contributed by atoms with Gasteiger partial charge >= 0.3 is 27.3 Å². The molecule has 4 fully saturated rings. The van der Waals surface area contributed by atoms with E-state index >= 15 is 0 Å². The lowest BCUT2D eigenvalue weighted by atomic mass is 9.78. The zero-order valence-electron chi connectivity index (χ0n) is 17.3. The highest BCUT2D eigenvalue weighted by Gasteiger charge is 2.72. The van der Waals surface area contributed by atoms with Gasteiger partial charge in [-0.3, -0.25) is 28.6 Å². The number of carbonyl (C=O) groups excluding carboxylic acids is 4. The third-order valence-electron chi connectivity index (χ3n) is 7.28. The first-order valence-electron chi connectivity index (χ1n) is 10.4. The smallest absolute Gasteiger partial charge is 0.405 e. The van der Waals surface area contributed by atoms with Crippen molar-refractivity contribution in [2.24, 2.45) is 29.6 Å². The van der Waals surface area contributed by atoms with E-state index in [2.05, 4.69) is 4.74 Å². The Morgan fingerprint density at radius 2 is 1.81 bits per heavy atom. The lowest BCUT2D eigenvalue weighted by Crippen LogP contribution is -2.49. The maximum absolute atomic E-state index is 13.9. The number of imide groups is 1. The molecule has 1 N–H and O–H groups in total. The van der Waals surface area contributed by atoms with E-state index in [0.29, 0.717) is 19.8 Å². The van der Waals surface area contributed by atoms with Crippen LogP contribution in [0.4, 0.5) is 8.78 Å². The van der Waals surface area contributed by atoms with Crippen molar-refractivity contribution >= 4 is 33.9 Å². The van der Waals surface area contributed by atoms with E-state index in [1.54, 1.807) is 0 Å². The van der Waals surface area contributed by atoms with Gasteiger partial charge in [0.2, 0.25) is 11.8 Å². The number of likely N-dealkylation sites (tertiary alicyclic amines) is 1. The van der Waals surface area contributed by atoms with Gasteiger partial charge in [-0.05, 0) is 32.1 Å². The Balaban J connectivity index is 1.60. The number of ether oxygens (including phenoxy) is 2. The van der Waals surface area contributed by atoms with Crippen LogP contribution in [0, 0.1) is 29.6 Å². The second kappa shape index (κ2) is 7.44. The average Bonchev–Trinajstić information content (AvgIpc) is 3.21. The molecule has 178 valence electrons. The van der Waals surface area contributed by atoms with Crippen molar-refractivity contribution in [2.75, 3.05) is 0 Å². The Labute approximate surface area is 182 Å². The maximum Gasteiger partial charge on any atom is 0.405 e. The van der Waals surface area contributed by atoms with Crippen LogP contribution < -0.4 is 0 Å². The van der Waals surface area contributed by atoms with E-state index in [4.69, 9.17) is 9.29 Å². The van der Waals surface area contributed by atoms with E-state index in [1.807, 2.05) is 0 Å². The van der Waals surface area contributed by atoms with Crippen LogP contribution in [0.1, 0.15) is 39.5 Å². The molecular formula is C19H23F2NO9S. The number of halogens is 2. The quantitative estimate of drug-likeness (QED) is 0.431. The summed E-state index contributed by atoms with van der Waals surface area (Å²) in [6.45, 7) is 1.77. The monoisotopic (exact) mass is 479 g/mol. The van der Waals surface area contributed by atoms with Crippen molar-refractivity contribution in [3.8, 4) is 0 Å². The summed E-state index contributed by atoms with van der Waals surface area (Å²) in [4.78, 5) is 51.3. The summed E-state index contributed by atoms with van der Waals surface area (Å²) in [5.41, 5.74) is 0. The molecule has 10 nitrogen and oxygen atoms in total. The fourth-order valence-electron chi connectivity index (χ4n) is 5.56. The summed E-state index contributed by atoms with van der Waals surface area (Å²) in [5, 5.41) is -4.76. The zero-order chi connectivity index (χ0) is 23.7. The number of hydrogen-bond acceptors (Lipinski definition) is 8. The standard InChI is InChI=1S/C19H23F2NO9S/c1-7(19(20,21)32(27,28)29)30-18(26)13-11-6-10-12(13)16(24)22(8(2)23)14(10)15(11)31-17(25)9-4-3-5-9/h7,9-15H,3-6H2,1-2H3,(H,27,28,29). The van der Waals surface area contributed by atoms with Crippen molar-refractivity contribution in [1.82, 2.24) is 4.90 Å². The SMILES string of the molecule is CC(=O)N1C(=O)C2C3CC(C(OC(=O)C4CCC4)C31)C2C(=O)OC(C)C(F)(F)S(=O)(=O)O. The largest absolute Gasteiger partial charge is 0.460 e. The predicted octanol–water partition coefficient (Wildman–Crippen LogP) is 0.750. The number of esters is 2. The van der Waals surface area contributed by atoms with Crippen LogP contribution >= 0.6 is 0 Å². The number of nitrogens with zero attached hydrogens (tertiary/aromatic N) is 1. The summed E-state index contributed by atoms with van der Waals surface area (Å²) in [7, 11) is -5.86. The van der Waals surface area contributed by atoms with Crippen LogP contribution in [0.2, 0.25) is 0 Å². The van der Waals surface area contributed by atoms with Crippen LogP contribution in [0.25, 0.3) is 0 Å². The molecule has 0 spiro atoms. The fraction of sp³-hybridized carbons (Fsp3) is 0.789. The molecule has 2 amide bonds. The summed E-state index contributed by atoms with van der Waals surface area (Å²) < 4.78 is 68.7. The Morgan fingerprint density at radius 3 is 2.31 bits per heavy atom. The van der Waals surface area contributed by atoms with Crippen LogP contribution in [0.5, 0.6) is 0 Å². The molecule has 2 bridgehead atoms. The number of fused-ring (bicyclic) bond motifs is 1. The Kier molecular flexibility index (Phi) is 5.35. The normalized spacial score (nSPS) is 34.9. The zero-order valence-corrected chi connectivity index (χ0v) is 18.1. The first kappa shape index (κ1) is 23.0. The Hall–Kier alpha value is -2.15. The van der Waals surface area contributed by atoms with E-state index in [1.165, 1.54) is 6.92 Å². The minimum absolute atomic E-state index is 0.246. The number of hydrogen-bond donors (Lipinski definition) is 1. The second-order valence-corrected chi connectivity index (χ2v) is 10.5. The minimum atomic E-state index is -5.86. The van der Waals surface area contributed by atoms with Gasteiger partial charge in [-0.25, -0.2) is 0 Å². The van der Waals surface area contributed by atoms with Gasteiger partial charge in [-0.15, -0.1) is 0 Å². The summed E-state index contributed by atoms with van der Waals surface area (Å²) in [6.07, 6.45) is -1.09. The highest BCUT2D eigenvalue weighted by atomic mass is 32.2. The average molecular weight is 479 g/mol. The lowest BCUT2D eigenvalue weighted by molar-refractivity contribution is -0.175. The van der Waals surface area contributed by atoms with Gasteiger partial charge in [0.15, 0.2) is 6.10 Å². The van der Waals surface area contributed by atoms with Crippen LogP contribution in [0.3, 0.4) is 0 Å². The second-order valence-electron chi connectivity index (χ2n) is 8.98. The van der Waals surface area contributed by atoms with Gasteiger partial charge < -0.3 is 9.47 Å². The summed E-state index contributed by atoms with van der Waals surface area (Å²) in [5.74, 6) is -6.87. The van der Waals surface area contributed by atoms with Gasteiger partial charge in [0.05, 0.1) is 23.8 Å². The number of rotatable bonds is 6. The van der Waals surface area contributed by atoms with Crippen molar-refractivity contribution < 1.29 is 50.4 Å². The number of amides is 2. The summed E-state index contributed by atoms with van der Waals surface area (Å²) in [6, 6.07) is -0.736. The topological polar surface area (TPSA) is 144 Å². The predicted molar refractivity (Wildman–Crippen MR) is 99.2 cm³/mol. The third-order valence-corrected chi connectivity index (χ3v) is 8.30.